The maximum Gasteiger partial charge on any atom is 0.275 e. The van der Waals surface area contributed by atoms with Crippen molar-refractivity contribution in [2.24, 2.45) is 0 Å². The van der Waals surface area contributed by atoms with Gasteiger partial charge in [-0.3, -0.25) is 9.59 Å². The van der Waals surface area contributed by atoms with Crippen LogP contribution in [0.1, 0.15) is 11.3 Å². The van der Waals surface area contributed by atoms with Gasteiger partial charge in [-0.1, -0.05) is 41.9 Å². The summed E-state index contributed by atoms with van der Waals surface area (Å²) in [6.45, 7) is 2.20. The van der Waals surface area contributed by atoms with Gasteiger partial charge in [0.15, 0.2) is 0 Å². The number of nitrogens with zero attached hydrogens (tertiary/aromatic N) is 2. The normalized spacial score (nSPS) is 10.8. The summed E-state index contributed by atoms with van der Waals surface area (Å²) in [5.41, 5.74) is 1.51. The Balaban J connectivity index is 1.66. The number of hydrogen-bond acceptors (Lipinski definition) is 3. The van der Waals surface area contributed by atoms with Gasteiger partial charge in [-0.05, 0) is 37.1 Å². The van der Waals surface area contributed by atoms with Gasteiger partial charge >= 0.3 is 0 Å². The molecular formula is C19H18ClN3O2. The van der Waals surface area contributed by atoms with Crippen molar-refractivity contribution in [3.63, 3.8) is 0 Å². The zero-order valence-corrected chi connectivity index (χ0v) is 14.6. The van der Waals surface area contributed by atoms with Crippen LogP contribution in [0.3, 0.4) is 0 Å². The molecule has 0 aliphatic rings. The first kappa shape index (κ1) is 17.2. The van der Waals surface area contributed by atoms with Crippen LogP contribution in [0.5, 0.6) is 0 Å². The number of rotatable bonds is 5. The average molecular weight is 356 g/mol. The molecule has 6 heteroatoms. The molecule has 0 unspecified atom stereocenters. The molecule has 128 valence electrons. The number of aryl methyl sites for hydroxylation is 1. The standard InChI is InChI=1S/C19H18ClN3O2/c1-13-16-7-2-3-8-17(16)19(25)23(22-13)12-18(24)21-10-9-14-5-4-6-15(20)11-14/h2-8,11H,9-10,12H2,1H3,(H,21,24). The van der Waals surface area contributed by atoms with Gasteiger partial charge in [-0.25, -0.2) is 4.68 Å². The van der Waals surface area contributed by atoms with Crippen molar-refractivity contribution in [3.05, 3.63) is 75.2 Å². The summed E-state index contributed by atoms with van der Waals surface area (Å²) in [5, 5.41) is 9.11. The van der Waals surface area contributed by atoms with Crippen LogP contribution in [0.4, 0.5) is 0 Å². The third-order valence-electron chi connectivity index (χ3n) is 3.97. The molecule has 0 bridgehead atoms. The molecule has 0 saturated carbocycles. The molecule has 1 amide bonds. The number of halogens is 1. The van der Waals surface area contributed by atoms with E-state index < -0.39 is 0 Å². The van der Waals surface area contributed by atoms with Crippen LogP contribution in [-0.2, 0) is 17.8 Å². The Morgan fingerprint density at radius 2 is 1.92 bits per heavy atom. The van der Waals surface area contributed by atoms with Crippen molar-refractivity contribution in [2.45, 2.75) is 19.9 Å². The van der Waals surface area contributed by atoms with Crippen LogP contribution in [0.2, 0.25) is 5.02 Å². The van der Waals surface area contributed by atoms with Crippen LogP contribution in [0.25, 0.3) is 10.8 Å². The molecule has 3 rings (SSSR count). The first-order chi connectivity index (χ1) is 12.0. The topological polar surface area (TPSA) is 64.0 Å². The summed E-state index contributed by atoms with van der Waals surface area (Å²) in [6, 6.07) is 14.8. The average Bonchev–Trinajstić information content (AvgIpc) is 2.59. The van der Waals surface area contributed by atoms with Gasteiger partial charge in [0.05, 0.1) is 11.1 Å². The van der Waals surface area contributed by atoms with E-state index in [0.717, 1.165) is 16.6 Å². The van der Waals surface area contributed by atoms with E-state index in [1.807, 2.05) is 43.3 Å². The highest BCUT2D eigenvalue weighted by Gasteiger charge is 2.10. The summed E-state index contributed by atoms with van der Waals surface area (Å²) >= 11 is 5.94. The summed E-state index contributed by atoms with van der Waals surface area (Å²) < 4.78 is 1.21. The second-order valence-corrected chi connectivity index (χ2v) is 6.26. The van der Waals surface area contributed by atoms with Gasteiger partial charge in [0.25, 0.3) is 5.56 Å². The van der Waals surface area contributed by atoms with E-state index in [2.05, 4.69) is 10.4 Å². The molecule has 0 atom stereocenters. The summed E-state index contributed by atoms with van der Waals surface area (Å²) in [4.78, 5) is 24.6. The predicted molar refractivity (Wildman–Crippen MR) is 98.9 cm³/mol. The fourth-order valence-electron chi connectivity index (χ4n) is 2.74. The van der Waals surface area contributed by atoms with Crippen molar-refractivity contribution in [3.8, 4) is 0 Å². The minimum absolute atomic E-state index is 0.0972. The molecule has 25 heavy (non-hydrogen) atoms. The number of carbonyl (C=O) groups is 1. The molecule has 1 aromatic heterocycles. The summed E-state index contributed by atoms with van der Waals surface area (Å²) in [7, 11) is 0. The third-order valence-corrected chi connectivity index (χ3v) is 4.21. The van der Waals surface area contributed by atoms with Crippen LogP contribution >= 0.6 is 11.6 Å². The van der Waals surface area contributed by atoms with E-state index in [4.69, 9.17) is 11.6 Å². The Bertz CT molecular complexity index is 982. The minimum Gasteiger partial charge on any atom is -0.354 e. The SMILES string of the molecule is Cc1nn(CC(=O)NCCc2cccc(Cl)c2)c(=O)c2ccccc12. The monoisotopic (exact) mass is 355 g/mol. The zero-order chi connectivity index (χ0) is 17.8. The number of carbonyl (C=O) groups excluding carboxylic acids is 1. The van der Waals surface area contributed by atoms with Gasteiger partial charge in [0, 0.05) is 17.0 Å². The Morgan fingerprint density at radius 3 is 2.68 bits per heavy atom. The maximum atomic E-state index is 12.5. The molecular weight excluding hydrogens is 338 g/mol. The third kappa shape index (κ3) is 4.06. The van der Waals surface area contributed by atoms with E-state index >= 15 is 0 Å². The molecule has 5 nitrogen and oxygen atoms in total. The van der Waals surface area contributed by atoms with Crippen LogP contribution in [0.15, 0.2) is 53.3 Å². The fraction of sp³-hybridized carbons (Fsp3) is 0.211. The van der Waals surface area contributed by atoms with E-state index in [1.165, 1.54) is 4.68 Å². The Labute approximate surface area is 150 Å². The fourth-order valence-corrected chi connectivity index (χ4v) is 2.96. The molecule has 0 aliphatic carbocycles. The molecule has 2 aromatic carbocycles. The Hall–Kier alpha value is -2.66. The lowest BCUT2D eigenvalue weighted by Crippen LogP contribution is -2.35. The van der Waals surface area contributed by atoms with Crippen molar-refractivity contribution < 1.29 is 4.79 Å². The number of amides is 1. The Kier molecular flexibility index (Phi) is 5.14. The van der Waals surface area contributed by atoms with Gasteiger partial charge in [0.1, 0.15) is 6.54 Å². The van der Waals surface area contributed by atoms with E-state index in [-0.39, 0.29) is 18.0 Å². The van der Waals surface area contributed by atoms with E-state index in [0.29, 0.717) is 23.4 Å². The molecule has 0 aliphatic heterocycles. The molecule has 0 fully saturated rings. The van der Waals surface area contributed by atoms with Crippen LogP contribution < -0.4 is 10.9 Å². The largest absolute Gasteiger partial charge is 0.354 e. The number of benzene rings is 2. The van der Waals surface area contributed by atoms with Gasteiger partial charge in [-0.2, -0.15) is 5.10 Å². The lowest BCUT2D eigenvalue weighted by atomic mass is 10.1. The Morgan fingerprint density at radius 1 is 1.16 bits per heavy atom. The quantitative estimate of drug-likeness (QED) is 0.765. The number of fused-ring (bicyclic) bond motifs is 1. The van der Waals surface area contributed by atoms with E-state index in [1.54, 1.807) is 12.1 Å². The predicted octanol–water partition coefficient (Wildman–Crippen LogP) is 2.72. The second-order valence-electron chi connectivity index (χ2n) is 5.82. The van der Waals surface area contributed by atoms with Crippen molar-refractivity contribution in [1.82, 2.24) is 15.1 Å². The molecule has 0 radical (unpaired) electrons. The molecule has 0 spiro atoms. The van der Waals surface area contributed by atoms with Gasteiger partial charge in [0.2, 0.25) is 5.91 Å². The van der Waals surface area contributed by atoms with E-state index in [9.17, 15) is 9.59 Å². The number of hydrogen-bond donors (Lipinski definition) is 1. The summed E-state index contributed by atoms with van der Waals surface area (Å²) in [6.07, 6.45) is 0.672. The van der Waals surface area contributed by atoms with Gasteiger partial charge in [-0.15, -0.1) is 0 Å². The van der Waals surface area contributed by atoms with Crippen molar-refractivity contribution in [1.29, 1.82) is 0 Å². The lowest BCUT2D eigenvalue weighted by Gasteiger charge is -2.09. The smallest absolute Gasteiger partial charge is 0.275 e. The highest BCUT2D eigenvalue weighted by molar-refractivity contribution is 6.30. The first-order valence-corrected chi connectivity index (χ1v) is 8.40. The minimum atomic E-state index is -0.258. The molecule has 1 N–H and O–H groups in total. The maximum absolute atomic E-state index is 12.5. The summed E-state index contributed by atoms with van der Waals surface area (Å²) in [5.74, 6) is -0.244. The van der Waals surface area contributed by atoms with Crippen molar-refractivity contribution >= 4 is 28.3 Å². The second kappa shape index (κ2) is 7.49. The van der Waals surface area contributed by atoms with Crippen LogP contribution in [0, 0.1) is 6.92 Å². The van der Waals surface area contributed by atoms with Crippen molar-refractivity contribution in [2.75, 3.05) is 6.54 Å². The highest BCUT2D eigenvalue weighted by Crippen LogP contribution is 2.12. The molecule has 3 aromatic rings. The molecule has 0 saturated heterocycles. The highest BCUT2D eigenvalue weighted by atomic mass is 35.5. The zero-order valence-electron chi connectivity index (χ0n) is 13.8. The first-order valence-electron chi connectivity index (χ1n) is 8.02. The number of nitrogens with one attached hydrogen (secondary N) is 1. The number of aromatic nitrogens is 2. The van der Waals surface area contributed by atoms with Crippen LogP contribution in [-0.4, -0.2) is 22.2 Å². The molecule has 1 heterocycles. The van der Waals surface area contributed by atoms with Gasteiger partial charge < -0.3 is 5.32 Å². The lowest BCUT2D eigenvalue weighted by molar-refractivity contribution is -0.121.